The monoisotopic (exact) mass is 299 g/mol. The fraction of sp³-hybridized carbons (Fsp3) is 0.571. The first-order valence-corrected chi connectivity index (χ1v) is 8.39. The van der Waals surface area contributed by atoms with Crippen molar-refractivity contribution in [1.82, 2.24) is 0 Å². The molecule has 0 saturated carbocycles. The third-order valence-electron chi connectivity index (χ3n) is 3.72. The maximum atomic E-state index is 12.4. The van der Waals surface area contributed by atoms with Crippen LogP contribution in [-0.4, -0.2) is 39.2 Å². The number of sulfone groups is 1. The van der Waals surface area contributed by atoms with E-state index in [0.29, 0.717) is 24.3 Å². The highest BCUT2D eigenvalue weighted by molar-refractivity contribution is 7.92. The SMILES string of the molecule is COc1ccccc1C(N)CS(=O)(=O)C1CCOC1C. The molecule has 1 aliphatic heterocycles. The van der Waals surface area contributed by atoms with E-state index in [2.05, 4.69) is 0 Å². The Morgan fingerprint density at radius 2 is 2.15 bits per heavy atom. The van der Waals surface area contributed by atoms with Crippen LogP contribution in [0.1, 0.15) is 24.9 Å². The van der Waals surface area contributed by atoms with Gasteiger partial charge in [0, 0.05) is 18.2 Å². The van der Waals surface area contributed by atoms with Crippen molar-refractivity contribution in [3.63, 3.8) is 0 Å². The van der Waals surface area contributed by atoms with Crippen LogP contribution in [0.4, 0.5) is 0 Å². The highest BCUT2D eigenvalue weighted by Crippen LogP contribution is 2.28. The van der Waals surface area contributed by atoms with Crippen LogP contribution >= 0.6 is 0 Å². The first kappa shape index (κ1) is 15.3. The van der Waals surface area contributed by atoms with Crippen molar-refractivity contribution in [3.05, 3.63) is 29.8 Å². The normalized spacial score (nSPS) is 24.6. The molecule has 1 aromatic rings. The molecule has 0 aliphatic carbocycles. The molecule has 1 aliphatic rings. The van der Waals surface area contributed by atoms with E-state index in [4.69, 9.17) is 15.2 Å². The first-order valence-electron chi connectivity index (χ1n) is 6.67. The summed E-state index contributed by atoms with van der Waals surface area (Å²) >= 11 is 0. The average molecular weight is 299 g/mol. The summed E-state index contributed by atoms with van der Waals surface area (Å²) in [6.45, 7) is 2.29. The molecule has 1 aromatic carbocycles. The van der Waals surface area contributed by atoms with E-state index in [0.717, 1.165) is 0 Å². The quantitative estimate of drug-likeness (QED) is 0.886. The van der Waals surface area contributed by atoms with E-state index >= 15 is 0 Å². The zero-order chi connectivity index (χ0) is 14.8. The third kappa shape index (κ3) is 3.13. The van der Waals surface area contributed by atoms with Gasteiger partial charge in [0.2, 0.25) is 0 Å². The van der Waals surface area contributed by atoms with Crippen molar-refractivity contribution in [1.29, 1.82) is 0 Å². The predicted octanol–water partition coefficient (Wildman–Crippen LogP) is 1.29. The largest absolute Gasteiger partial charge is 0.496 e. The standard InChI is InChI=1S/C14H21NO4S/c1-10-14(7-8-19-10)20(16,17)9-12(15)11-5-3-4-6-13(11)18-2/h3-6,10,12,14H,7-9,15H2,1-2H3. The molecule has 0 spiro atoms. The lowest BCUT2D eigenvalue weighted by Gasteiger charge is -2.20. The second-order valence-electron chi connectivity index (χ2n) is 5.08. The zero-order valence-electron chi connectivity index (χ0n) is 11.8. The van der Waals surface area contributed by atoms with Gasteiger partial charge in [-0.25, -0.2) is 8.42 Å². The second-order valence-corrected chi connectivity index (χ2v) is 7.35. The summed E-state index contributed by atoms with van der Waals surface area (Å²) in [5.41, 5.74) is 6.78. The van der Waals surface area contributed by atoms with Crippen molar-refractivity contribution in [3.8, 4) is 5.75 Å². The molecule has 0 bridgehead atoms. The fourth-order valence-electron chi connectivity index (χ4n) is 2.62. The van der Waals surface area contributed by atoms with Crippen molar-refractivity contribution >= 4 is 9.84 Å². The Morgan fingerprint density at radius 3 is 2.75 bits per heavy atom. The van der Waals surface area contributed by atoms with Gasteiger partial charge in [-0.15, -0.1) is 0 Å². The van der Waals surface area contributed by atoms with Gasteiger partial charge < -0.3 is 15.2 Å². The Hall–Kier alpha value is -1.11. The molecule has 20 heavy (non-hydrogen) atoms. The van der Waals surface area contributed by atoms with Crippen LogP contribution in [0, 0.1) is 0 Å². The molecule has 1 saturated heterocycles. The Bertz CT molecular complexity index is 558. The smallest absolute Gasteiger partial charge is 0.157 e. The third-order valence-corrected chi connectivity index (χ3v) is 6.08. The van der Waals surface area contributed by atoms with Crippen molar-refractivity contribution in [2.75, 3.05) is 19.5 Å². The van der Waals surface area contributed by atoms with Gasteiger partial charge in [0.15, 0.2) is 9.84 Å². The minimum Gasteiger partial charge on any atom is -0.496 e. The van der Waals surface area contributed by atoms with E-state index in [-0.39, 0.29) is 11.9 Å². The maximum Gasteiger partial charge on any atom is 0.157 e. The number of nitrogens with two attached hydrogens (primary N) is 1. The molecule has 0 amide bonds. The number of ether oxygens (including phenoxy) is 2. The van der Waals surface area contributed by atoms with E-state index in [9.17, 15) is 8.42 Å². The van der Waals surface area contributed by atoms with Crippen LogP contribution in [0.15, 0.2) is 24.3 Å². The molecule has 6 heteroatoms. The summed E-state index contributed by atoms with van der Waals surface area (Å²) in [5.74, 6) is 0.525. The van der Waals surface area contributed by atoms with Gasteiger partial charge in [-0.05, 0) is 19.4 Å². The van der Waals surface area contributed by atoms with E-state index in [1.165, 1.54) is 0 Å². The second kappa shape index (κ2) is 6.11. The molecule has 3 unspecified atom stereocenters. The molecule has 5 nitrogen and oxygen atoms in total. The van der Waals surface area contributed by atoms with Crippen molar-refractivity contribution in [2.24, 2.45) is 5.73 Å². The minimum absolute atomic E-state index is 0.0915. The molecule has 3 atom stereocenters. The lowest BCUT2D eigenvalue weighted by molar-refractivity contribution is 0.126. The van der Waals surface area contributed by atoms with Crippen molar-refractivity contribution < 1.29 is 17.9 Å². The number of hydrogen-bond donors (Lipinski definition) is 1. The highest BCUT2D eigenvalue weighted by Gasteiger charge is 2.37. The number of para-hydroxylation sites is 1. The summed E-state index contributed by atoms with van der Waals surface area (Å²) in [5, 5.41) is -0.455. The molecule has 1 fully saturated rings. The molecule has 0 radical (unpaired) electrons. The van der Waals surface area contributed by atoms with Gasteiger partial charge in [0.05, 0.1) is 24.2 Å². The molecule has 2 N–H and O–H groups in total. The van der Waals surface area contributed by atoms with Crippen LogP contribution in [0.5, 0.6) is 5.75 Å². The number of methoxy groups -OCH3 is 1. The van der Waals surface area contributed by atoms with Crippen LogP contribution < -0.4 is 10.5 Å². The van der Waals surface area contributed by atoms with Gasteiger partial charge in [0.25, 0.3) is 0 Å². The summed E-state index contributed by atoms with van der Waals surface area (Å²) in [4.78, 5) is 0. The predicted molar refractivity (Wildman–Crippen MR) is 77.5 cm³/mol. The molecule has 2 rings (SSSR count). The lowest BCUT2D eigenvalue weighted by atomic mass is 10.1. The number of rotatable bonds is 5. The van der Waals surface area contributed by atoms with Gasteiger partial charge >= 0.3 is 0 Å². The summed E-state index contributed by atoms with van der Waals surface area (Å²) < 4.78 is 35.4. The number of hydrogen-bond acceptors (Lipinski definition) is 5. The van der Waals surface area contributed by atoms with Gasteiger partial charge in [0.1, 0.15) is 5.75 Å². The molecular weight excluding hydrogens is 278 g/mol. The van der Waals surface area contributed by atoms with Crippen LogP contribution in [0.3, 0.4) is 0 Å². The van der Waals surface area contributed by atoms with E-state index < -0.39 is 21.1 Å². The van der Waals surface area contributed by atoms with Gasteiger partial charge in [-0.1, -0.05) is 18.2 Å². The molecular formula is C14H21NO4S. The topological polar surface area (TPSA) is 78.6 Å². The Kier molecular flexibility index (Phi) is 4.67. The summed E-state index contributed by atoms with van der Waals surface area (Å²) in [6, 6.07) is 6.64. The zero-order valence-corrected chi connectivity index (χ0v) is 12.6. The molecule has 112 valence electrons. The van der Waals surface area contributed by atoms with Crippen LogP contribution in [0.2, 0.25) is 0 Å². The van der Waals surface area contributed by atoms with E-state index in [1.807, 2.05) is 12.1 Å². The van der Waals surface area contributed by atoms with Gasteiger partial charge in [-0.2, -0.15) is 0 Å². The Labute approximate surface area is 120 Å². The molecule has 1 heterocycles. The van der Waals surface area contributed by atoms with Crippen molar-refractivity contribution in [2.45, 2.75) is 30.7 Å². The molecule has 0 aromatic heterocycles. The minimum atomic E-state index is -3.29. The summed E-state index contributed by atoms with van der Waals surface area (Å²) in [6.07, 6.45) is 0.284. The fourth-order valence-corrected chi connectivity index (χ4v) is 4.67. The average Bonchev–Trinajstić information content (AvgIpc) is 2.85. The summed E-state index contributed by atoms with van der Waals surface area (Å²) in [7, 11) is -1.74. The van der Waals surface area contributed by atoms with Crippen LogP contribution in [-0.2, 0) is 14.6 Å². The highest BCUT2D eigenvalue weighted by atomic mass is 32.2. The Morgan fingerprint density at radius 1 is 1.45 bits per heavy atom. The first-order chi connectivity index (χ1) is 9.45. The lowest BCUT2D eigenvalue weighted by Crippen LogP contribution is -2.34. The van der Waals surface area contributed by atoms with E-state index in [1.54, 1.807) is 26.2 Å². The maximum absolute atomic E-state index is 12.4. The Balaban J connectivity index is 2.16. The van der Waals surface area contributed by atoms with Gasteiger partial charge in [-0.3, -0.25) is 0 Å². The van der Waals surface area contributed by atoms with Crippen LogP contribution in [0.25, 0.3) is 0 Å². The number of benzene rings is 1.